The Bertz CT molecular complexity index is 537. The van der Waals surface area contributed by atoms with Gasteiger partial charge in [-0.15, -0.1) is 12.4 Å². The second kappa shape index (κ2) is 7.36. The van der Waals surface area contributed by atoms with Crippen molar-refractivity contribution in [1.82, 2.24) is 4.31 Å². The number of rotatable bonds is 4. The van der Waals surface area contributed by atoms with E-state index in [0.717, 1.165) is 19.3 Å². The fourth-order valence-electron chi connectivity index (χ4n) is 2.55. The number of nitrogens with zero attached hydrogens (tertiary/aromatic N) is 1. The van der Waals surface area contributed by atoms with Gasteiger partial charge < -0.3 is 5.73 Å². The van der Waals surface area contributed by atoms with Crippen molar-refractivity contribution in [3.05, 3.63) is 30.1 Å². The van der Waals surface area contributed by atoms with Crippen molar-refractivity contribution in [1.29, 1.82) is 0 Å². The summed E-state index contributed by atoms with van der Waals surface area (Å²) in [4.78, 5) is -0.237. The van der Waals surface area contributed by atoms with Crippen molar-refractivity contribution in [3.8, 4) is 0 Å². The summed E-state index contributed by atoms with van der Waals surface area (Å²) in [5.74, 6) is -0.695. The molecule has 2 N–H and O–H groups in total. The molecule has 0 radical (unpaired) electrons. The molecule has 0 spiro atoms. The number of piperidine rings is 1. The topological polar surface area (TPSA) is 63.4 Å². The number of halogens is 2. The minimum atomic E-state index is -3.76. The minimum absolute atomic E-state index is 0. The van der Waals surface area contributed by atoms with E-state index in [2.05, 4.69) is 0 Å². The molecule has 0 amide bonds. The molecule has 1 heterocycles. The zero-order valence-corrected chi connectivity index (χ0v) is 12.8. The zero-order valence-electron chi connectivity index (χ0n) is 11.2. The van der Waals surface area contributed by atoms with E-state index >= 15 is 0 Å². The normalized spacial score (nSPS) is 20.4. The van der Waals surface area contributed by atoms with E-state index in [9.17, 15) is 12.8 Å². The van der Waals surface area contributed by atoms with Gasteiger partial charge in [0.2, 0.25) is 10.0 Å². The van der Waals surface area contributed by atoms with Crippen LogP contribution in [0.25, 0.3) is 0 Å². The summed E-state index contributed by atoms with van der Waals surface area (Å²) in [7, 11) is -3.76. The van der Waals surface area contributed by atoms with Crippen LogP contribution in [0.15, 0.2) is 29.2 Å². The summed E-state index contributed by atoms with van der Waals surface area (Å²) in [6.45, 7) is 0.884. The van der Waals surface area contributed by atoms with Crippen molar-refractivity contribution in [2.75, 3.05) is 13.1 Å². The van der Waals surface area contributed by atoms with Gasteiger partial charge in [0, 0.05) is 12.6 Å². The van der Waals surface area contributed by atoms with Crippen LogP contribution < -0.4 is 5.73 Å². The molecule has 1 fully saturated rings. The third kappa shape index (κ3) is 3.49. The van der Waals surface area contributed by atoms with E-state index in [4.69, 9.17) is 5.73 Å². The SMILES string of the molecule is Cl.NCCC1CCCCN1S(=O)(=O)c1ccccc1F. The lowest BCUT2D eigenvalue weighted by atomic mass is 10.0. The first-order valence-corrected chi connectivity index (χ1v) is 7.98. The van der Waals surface area contributed by atoms with Gasteiger partial charge in [-0.1, -0.05) is 18.6 Å². The first-order chi connectivity index (χ1) is 9.07. The minimum Gasteiger partial charge on any atom is -0.330 e. The number of sulfonamides is 1. The van der Waals surface area contributed by atoms with Gasteiger partial charge in [0.15, 0.2) is 0 Å². The lowest BCUT2D eigenvalue weighted by molar-refractivity contribution is 0.242. The fraction of sp³-hybridized carbons (Fsp3) is 0.538. The van der Waals surface area contributed by atoms with Crippen LogP contribution in [0.3, 0.4) is 0 Å². The van der Waals surface area contributed by atoms with Gasteiger partial charge in [0.05, 0.1) is 0 Å². The molecule has 0 aliphatic carbocycles. The van der Waals surface area contributed by atoms with Gasteiger partial charge in [-0.3, -0.25) is 0 Å². The number of nitrogens with two attached hydrogens (primary N) is 1. The molecular formula is C13H20ClFN2O2S. The Morgan fingerprint density at radius 1 is 1.30 bits per heavy atom. The molecule has 2 rings (SSSR count). The third-order valence-corrected chi connectivity index (χ3v) is 5.48. The third-order valence-electron chi connectivity index (χ3n) is 3.50. The molecule has 0 saturated carbocycles. The monoisotopic (exact) mass is 322 g/mol. The highest BCUT2D eigenvalue weighted by Crippen LogP contribution is 2.27. The van der Waals surface area contributed by atoms with E-state index in [1.54, 1.807) is 0 Å². The van der Waals surface area contributed by atoms with Crippen LogP contribution >= 0.6 is 12.4 Å². The van der Waals surface area contributed by atoms with Gasteiger partial charge in [-0.25, -0.2) is 12.8 Å². The van der Waals surface area contributed by atoms with E-state index in [1.165, 1.54) is 28.6 Å². The van der Waals surface area contributed by atoms with E-state index in [0.29, 0.717) is 19.5 Å². The van der Waals surface area contributed by atoms with Crippen molar-refractivity contribution >= 4 is 22.4 Å². The number of hydrogen-bond acceptors (Lipinski definition) is 3. The molecule has 1 aromatic carbocycles. The highest BCUT2D eigenvalue weighted by Gasteiger charge is 2.34. The summed E-state index contributed by atoms with van der Waals surface area (Å²) in [5.41, 5.74) is 5.54. The zero-order chi connectivity index (χ0) is 13.9. The Hall–Kier alpha value is -0.690. The Morgan fingerprint density at radius 3 is 2.65 bits per heavy atom. The Morgan fingerprint density at radius 2 is 2.00 bits per heavy atom. The molecule has 7 heteroatoms. The Labute approximate surface area is 125 Å². The average molecular weight is 323 g/mol. The maximum atomic E-state index is 13.7. The van der Waals surface area contributed by atoms with Gasteiger partial charge in [0.25, 0.3) is 0 Å². The maximum absolute atomic E-state index is 13.7. The predicted molar refractivity (Wildman–Crippen MR) is 78.9 cm³/mol. The summed E-state index contributed by atoms with van der Waals surface area (Å²) in [6, 6.07) is 5.41. The standard InChI is InChI=1S/C13H19FN2O2S.ClH/c14-12-6-1-2-7-13(12)19(17,18)16-10-4-3-5-11(16)8-9-15;/h1-2,6-7,11H,3-5,8-10,15H2;1H. The number of benzene rings is 1. The largest absolute Gasteiger partial charge is 0.330 e. The first-order valence-electron chi connectivity index (χ1n) is 6.54. The predicted octanol–water partition coefficient (Wildman–Crippen LogP) is 2.14. The molecule has 4 nitrogen and oxygen atoms in total. The summed E-state index contributed by atoms with van der Waals surface area (Å²) >= 11 is 0. The second-order valence-electron chi connectivity index (χ2n) is 4.77. The molecule has 20 heavy (non-hydrogen) atoms. The smallest absolute Gasteiger partial charge is 0.246 e. The van der Waals surface area contributed by atoms with Crippen LogP contribution in [0.5, 0.6) is 0 Å². The maximum Gasteiger partial charge on any atom is 0.246 e. The van der Waals surface area contributed by atoms with Gasteiger partial charge in [-0.05, 0) is 37.9 Å². The molecule has 0 bridgehead atoms. The highest BCUT2D eigenvalue weighted by molar-refractivity contribution is 7.89. The van der Waals surface area contributed by atoms with Gasteiger partial charge in [0.1, 0.15) is 10.7 Å². The van der Waals surface area contributed by atoms with E-state index in [1.807, 2.05) is 0 Å². The molecular weight excluding hydrogens is 303 g/mol. The fourth-order valence-corrected chi connectivity index (χ4v) is 4.34. The van der Waals surface area contributed by atoms with Crippen molar-refractivity contribution in [3.63, 3.8) is 0 Å². The lowest BCUT2D eigenvalue weighted by Gasteiger charge is -2.34. The van der Waals surface area contributed by atoms with Crippen molar-refractivity contribution < 1.29 is 12.8 Å². The molecule has 1 aromatic rings. The molecule has 1 aliphatic heterocycles. The molecule has 1 saturated heterocycles. The van der Waals surface area contributed by atoms with Gasteiger partial charge in [-0.2, -0.15) is 4.31 Å². The molecule has 114 valence electrons. The molecule has 1 unspecified atom stereocenters. The van der Waals surface area contributed by atoms with Gasteiger partial charge >= 0.3 is 0 Å². The van der Waals surface area contributed by atoms with Crippen LogP contribution in [0, 0.1) is 5.82 Å². The molecule has 0 aromatic heterocycles. The van der Waals surface area contributed by atoms with Crippen molar-refractivity contribution in [2.24, 2.45) is 5.73 Å². The van der Waals surface area contributed by atoms with Crippen LogP contribution in [0.2, 0.25) is 0 Å². The molecule has 1 atom stereocenters. The van der Waals surface area contributed by atoms with E-state index in [-0.39, 0.29) is 23.3 Å². The van der Waals surface area contributed by atoms with Crippen LogP contribution in [-0.2, 0) is 10.0 Å². The number of hydrogen-bond donors (Lipinski definition) is 1. The van der Waals surface area contributed by atoms with Crippen LogP contribution in [-0.4, -0.2) is 31.9 Å². The second-order valence-corrected chi connectivity index (χ2v) is 6.63. The average Bonchev–Trinajstić information content (AvgIpc) is 2.40. The summed E-state index contributed by atoms with van der Waals surface area (Å²) in [5, 5.41) is 0. The van der Waals surface area contributed by atoms with Crippen molar-refractivity contribution in [2.45, 2.75) is 36.6 Å². The van der Waals surface area contributed by atoms with Crippen LogP contribution in [0.4, 0.5) is 4.39 Å². The molecule has 1 aliphatic rings. The Kier molecular flexibility index (Phi) is 6.39. The summed E-state index contributed by atoms with van der Waals surface area (Å²) < 4.78 is 40.2. The van der Waals surface area contributed by atoms with E-state index < -0.39 is 15.8 Å². The Balaban J connectivity index is 0.00000200. The quantitative estimate of drug-likeness (QED) is 0.923. The van der Waals surface area contributed by atoms with Crippen LogP contribution in [0.1, 0.15) is 25.7 Å². The highest BCUT2D eigenvalue weighted by atomic mass is 35.5. The first kappa shape index (κ1) is 17.4. The summed E-state index contributed by atoms with van der Waals surface area (Å²) in [6.07, 6.45) is 3.22. The lowest BCUT2D eigenvalue weighted by Crippen LogP contribution is -2.44.